The smallest absolute Gasteiger partial charge is 0.347 e. The van der Waals surface area contributed by atoms with E-state index in [0.29, 0.717) is 29.2 Å². The van der Waals surface area contributed by atoms with Gasteiger partial charge in [0.2, 0.25) is 0 Å². The minimum atomic E-state index is -0.431. The van der Waals surface area contributed by atoms with Gasteiger partial charge in [-0.1, -0.05) is 87.6 Å². The first kappa shape index (κ1) is 24.8. The number of nitriles is 1. The Bertz CT molecular complexity index is 1110. The molecule has 3 aromatic carbocycles. The van der Waals surface area contributed by atoms with Gasteiger partial charge in [-0.2, -0.15) is 5.26 Å². The number of nitrogens with zero attached hydrogens (tertiary/aromatic N) is 1. The van der Waals surface area contributed by atoms with Crippen LogP contribution in [0.5, 0.6) is 11.5 Å². The SMILES string of the molecule is CCCCCCCCOc1ccccc1C(=O)Oc1ccc(/C=C/c2ccc(C#N)cc2)cc1. The third kappa shape index (κ3) is 7.94. The molecule has 0 heterocycles. The molecule has 0 unspecified atom stereocenters. The highest BCUT2D eigenvalue weighted by Crippen LogP contribution is 2.22. The summed E-state index contributed by atoms with van der Waals surface area (Å²) >= 11 is 0. The number of unbranched alkanes of at least 4 members (excludes halogenated alkanes) is 5. The fourth-order valence-electron chi connectivity index (χ4n) is 3.50. The zero-order valence-electron chi connectivity index (χ0n) is 19.7. The van der Waals surface area contributed by atoms with Crippen LogP contribution in [0.1, 0.15) is 72.5 Å². The van der Waals surface area contributed by atoms with Gasteiger partial charge in [-0.3, -0.25) is 0 Å². The van der Waals surface area contributed by atoms with Crippen molar-refractivity contribution in [3.8, 4) is 17.6 Å². The molecule has 0 saturated heterocycles. The number of para-hydroxylation sites is 1. The van der Waals surface area contributed by atoms with E-state index in [1.165, 1.54) is 25.7 Å². The Kier molecular flexibility index (Phi) is 9.95. The third-order valence-corrected chi connectivity index (χ3v) is 5.46. The van der Waals surface area contributed by atoms with Gasteiger partial charge in [0.1, 0.15) is 17.1 Å². The molecule has 4 heteroatoms. The minimum Gasteiger partial charge on any atom is -0.493 e. The van der Waals surface area contributed by atoms with E-state index in [9.17, 15) is 4.79 Å². The Morgan fingerprint density at radius 1 is 0.824 bits per heavy atom. The zero-order chi connectivity index (χ0) is 24.0. The first-order chi connectivity index (χ1) is 16.7. The van der Waals surface area contributed by atoms with Crippen LogP contribution in [0.15, 0.2) is 72.8 Å². The summed E-state index contributed by atoms with van der Waals surface area (Å²) in [7, 11) is 0. The quantitative estimate of drug-likeness (QED) is 0.122. The van der Waals surface area contributed by atoms with E-state index in [-0.39, 0.29) is 0 Å². The number of carbonyl (C=O) groups is 1. The highest BCUT2D eigenvalue weighted by atomic mass is 16.5. The molecule has 0 radical (unpaired) electrons. The lowest BCUT2D eigenvalue weighted by atomic mass is 10.1. The van der Waals surface area contributed by atoms with Crippen molar-refractivity contribution < 1.29 is 14.3 Å². The lowest BCUT2D eigenvalue weighted by molar-refractivity contribution is 0.0730. The van der Waals surface area contributed by atoms with E-state index in [2.05, 4.69) is 13.0 Å². The number of ether oxygens (including phenoxy) is 2. The second kappa shape index (κ2) is 13.6. The van der Waals surface area contributed by atoms with Crippen molar-refractivity contribution in [3.63, 3.8) is 0 Å². The number of benzene rings is 3. The molecule has 0 fully saturated rings. The van der Waals surface area contributed by atoms with E-state index in [1.54, 1.807) is 30.3 Å². The number of esters is 1. The van der Waals surface area contributed by atoms with Crippen LogP contribution in [0, 0.1) is 11.3 Å². The monoisotopic (exact) mass is 453 g/mol. The highest BCUT2D eigenvalue weighted by molar-refractivity contribution is 5.94. The molecule has 0 aliphatic carbocycles. The Hall–Kier alpha value is -3.84. The van der Waals surface area contributed by atoms with Gasteiger partial charge in [-0.25, -0.2) is 4.79 Å². The maximum atomic E-state index is 12.8. The Morgan fingerprint density at radius 2 is 1.44 bits per heavy atom. The number of hydrogen-bond acceptors (Lipinski definition) is 4. The molecule has 3 rings (SSSR count). The fourth-order valence-corrected chi connectivity index (χ4v) is 3.50. The van der Waals surface area contributed by atoms with E-state index >= 15 is 0 Å². The normalized spacial score (nSPS) is 10.7. The van der Waals surface area contributed by atoms with Gasteiger partial charge in [0.05, 0.1) is 18.2 Å². The molecular formula is C30H31NO3. The van der Waals surface area contributed by atoms with Crippen molar-refractivity contribution in [2.24, 2.45) is 0 Å². The summed E-state index contributed by atoms with van der Waals surface area (Å²) in [5.74, 6) is 0.605. The standard InChI is InChI=1S/C30H31NO3/c1-2-3-4-5-6-9-22-33-29-11-8-7-10-28(29)30(32)34-27-20-18-25(19-21-27)13-12-24-14-16-26(23-31)17-15-24/h7-8,10-21H,2-6,9,22H2,1H3/b13-12+. The maximum Gasteiger partial charge on any atom is 0.347 e. The predicted octanol–water partition coefficient (Wildman–Crippen LogP) is 7.69. The first-order valence-electron chi connectivity index (χ1n) is 11.9. The molecule has 0 atom stereocenters. The molecule has 4 nitrogen and oxygen atoms in total. The molecule has 34 heavy (non-hydrogen) atoms. The summed E-state index contributed by atoms with van der Waals surface area (Å²) in [5.41, 5.74) is 3.05. The molecule has 0 aliphatic rings. The fraction of sp³-hybridized carbons (Fsp3) is 0.267. The van der Waals surface area contributed by atoms with E-state index in [0.717, 1.165) is 24.0 Å². The third-order valence-electron chi connectivity index (χ3n) is 5.46. The summed E-state index contributed by atoms with van der Waals surface area (Å²) in [6.07, 6.45) is 11.1. The highest BCUT2D eigenvalue weighted by Gasteiger charge is 2.14. The number of rotatable bonds is 12. The average molecular weight is 454 g/mol. The van der Waals surface area contributed by atoms with E-state index < -0.39 is 5.97 Å². The second-order valence-electron chi connectivity index (χ2n) is 8.14. The second-order valence-corrected chi connectivity index (χ2v) is 8.14. The molecule has 3 aromatic rings. The van der Waals surface area contributed by atoms with Crippen LogP contribution in [0.2, 0.25) is 0 Å². The summed E-state index contributed by atoms with van der Waals surface area (Å²) in [6.45, 7) is 2.81. The summed E-state index contributed by atoms with van der Waals surface area (Å²) in [6, 6.07) is 24.0. The van der Waals surface area contributed by atoms with Gasteiger partial charge in [-0.15, -0.1) is 0 Å². The molecule has 0 bridgehead atoms. The predicted molar refractivity (Wildman–Crippen MR) is 137 cm³/mol. The molecule has 0 saturated carbocycles. The van der Waals surface area contributed by atoms with Gasteiger partial charge in [0.25, 0.3) is 0 Å². The van der Waals surface area contributed by atoms with Crippen LogP contribution in [-0.4, -0.2) is 12.6 Å². The van der Waals surface area contributed by atoms with Crippen molar-refractivity contribution in [1.29, 1.82) is 5.26 Å². The Morgan fingerprint density at radius 3 is 2.12 bits per heavy atom. The van der Waals surface area contributed by atoms with Gasteiger partial charge in [0.15, 0.2) is 0 Å². The first-order valence-corrected chi connectivity index (χ1v) is 11.9. The lowest BCUT2D eigenvalue weighted by Crippen LogP contribution is -2.11. The zero-order valence-corrected chi connectivity index (χ0v) is 19.7. The van der Waals surface area contributed by atoms with Crippen LogP contribution < -0.4 is 9.47 Å². The summed E-state index contributed by atoms with van der Waals surface area (Å²) in [4.78, 5) is 12.8. The molecule has 0 spiro atoms. The maximum absolute atomic E-state index is 12.8. The van der Waals surface area contributed by atoms with Crippen molar-refractivity contribution in [3.05, 3.63) is 95.1 Å². The lowest BCUT2D eigenvalue weighted by Gasteiger charge is -2.11. The topological polar surface area (TPSA) is 59.3 Å². The van der Waals surface area contributed by atoms with Gasteiger partial charge in [0, 0.05) is 0 Å². The van der Waals surface area contributed by atoms with Crippen LogP contribution in [0.25, 0.3) is 12.2 Å². The van der Waals surface area contributed by atoms with Crippen LogP contribution in [-0.2, 0) is 0 Å². The van der Waals surface area contributed by atoms with E-state index in [4.69, 9.17) is 14.7 Å². The molecular weight excluding hydrogens is 422 g/mol. The molecule has 174 valence electrons. The summed E-state index contributed by atoms with van der Waals surface area (Å²) in [5, 5.41) is 8.88. The van der Waals surface area contributed by atoms with Gasteiger partial charge < -0.3 is 9.47 Å². The average Bonchev–Trinajstić information content (AvgIpc) is 2.88. The van der Waals surface area contributed by atoms with Crippen LogP contribution in [0.3, 0.4) is 0 Å². The number of hydrogen-bond donors (Lipinski definition) is 0. The summed E-state index contributed by atoms with van der Waals surface area (Å²) < 4.78 is 11.5. The van der Waals surface area contributed by atoms with Crippen molar-refractivity contribution in [2.75, 3.05) is 6.61 Å². The van der Waals surface area contributed by atoms with Crippen molar-refractivity contribution in [2.45, 2.75) is 45.4 Å². The number of carbonyl (C=O) groups excluding carboxylic acids is 1. The Labute approximate surface area is 202 Å². The van der Waals surface area contributed by atoms with Gasteiger partial charge in [-0.05, 0) is 53.9 Å². The Balaban J connectivity index is 1.53. The van der Waals surface area contributed by atoms with Crippen molar-refractivity contribution in [1.82, 2.24) is 0 Å². The largest absolute Gasteiger partial charge is 0.493 e. The minimum absolute atomic E-state index is 0.429. The van der Waals surface area contributed by atoms with Crippen LogP contribution >= 0.6 is 0 Å². The molecule has 0 N–H and O–H groups in total. The van der Waals surface area contributed by atoms with Gasteiger partial charge >= 0.3 is 5.97 Å². The van der Waals surface area contributed by atoms with Crippen LogP contribution in [0.4, 0.5) is 0 Å². The van der Waals surface area contributed by atoms with Crippen molar-refractivity contribution >= 4 is 18.1 Å². The molecule has 0 aromatic heterocycles. The van der Waals surface area contributed by atoms with E-state index in [1.807, 2.05) is 54.6 Å². The molecule has 0 amide bonds. The molecule has 0 aliphatic heterocycles.